The average molecular weight is 512 g/mol. The lowest BCUT2D eigenvalue weighted by Crippen LogP contribution is -2.63. The van der Waals surface area contributed by atoms with Crippen LogP contribution < -0.4 is 5.73 Å². The molecule has 0 saturated carbocycles. The van der Waals surface area contributed by atoms with Gasteiger partial charge in [0.1, 0.15) is 22.8 Å². The van der Waals surface area contributed by atoms with E-state index in [0.717, 1.165) is 0 Å². The number of likely N-dealkylation sites (N-methyl/N-ethyl adjacent to an activating group) is 2. The van der Waals surface area contributed by atoms with Crippen molar-refractivity contribution in [3.8, 4) is 5.75 Å². The van der Waals surface area contributed by atoms with Crippen LogP contribution in [0.3, 0.4) is 0 Å². The number of nitrogens with zero attached hydrogens (tertiary/aromatic N) is 2. The Hall–Kier alpha value is -3.96. The maximum atomic E-state index is 13.6. The lowest BCUT2D eigenvalue weighted by molar-refractivity contribution is -0.148. The minimum absolute atomic E-state index is 0.0127. The van der Waals surface area contributed by atoms with E-state index in [0.29, 0.717) is 11.1 Å². The molecule has 0 fully saturated rings. The van der Waals surface area contributed by atoms with Crippen molar-refractivity contribution in [1.29, 1.82) is 0 Å². The molecule has 3 aliphatic carbocycles. The molecule has 0 radical (unpaired) electrons. The number of primary amides is 1. The van der Waals surface area contributed by atoms with Crippen LogP contribution in [0.15, 0.2) is 40.9 Å². The van der Waals surface area contributed by atoms with Crippen molar-refractivity contribution >= 4 is 29.5 Å². The molecule has 1 aromatic carbocycles. The minimum Gasteiger partial charge on any atom is -0.510 e. The summed E-state index contributed by atoms with van der Waals surface area (Å²) in [5.74, 6) is -7.33. The molecular formula is C26H29N3O8. The Bertz CT molecular complexity index is 1340. The van der Waals surface area contributed by atoms with Gasteiger partial charge in [-0.1, -0.05) is 6.07 Å². The normalized spacial score (nSPS) is 27.4. The molecule has 4 rings (SSSR count). The summed E-state index contributed by atoms with van der Waals surface area (Å²) < 4.78 is 0. The van der Waals surface area contributed by atoms with Gasteiger partial charge in [0.15, 0.2) is 11.4 Å². The van der Waals surface area contributed by atoms with Gasteiger partial charge >= 0.3 is 0 Å². The van der Waals surface area contributed by atoms with Crippen LogP contribution in [0.25, 0.3) is 6.08 Å². The zero-order chi connectivity index (χ0) is 27.6. The number of hydrogen-bond acceptors (Lipinski definition) is 9. The smallest absolute Gasteiger partial charge is 0.255 e. The summed E-state index contributed by atoms with van der Waals surface area (Å²) >= 11 is 0. The van der Waals surface area contributed by atoms with Crippen LogP contribution in [0.4, 0.5) is 0 Å². The Kier molecular flexibility index (Phi) is 6.25. The van der Waals surface area contributed by atoms with Crippen LogP contribution in [-0.4, -0.2) is 93.4 Å². The second kappa shape index (κ2) is 8.86. The second-order valence-corrected chi connectivity index (χ2v) is 10.1. The van der Waals surface area contributed by atoms with Crippen LogP contribution in [0.5, 0.6) is 5.75 Å². The number of carbonyl (C=O) groups excluding carboxylic acids is 4. The summed E-state index contributed by atoms with van der Waals surface area (Å²) in [6.45, 7) is 0. The van der Waals surface area contributed by atoms with Crippen molar-refractivity contribution in [2.45, 2.75) is 24.5 Å². The summed E-state index contributed by atoms with van der Waals surface area (Å²) in [6, 6.07) is 1.79. The number of carbonyl (C=O) groups is 4. The van der Waals surface area contributed by atoms with Gasteiger partial charge in [-0.25, -0.2) is 0 Å². The summed E-state index contributed by atoms with van der Waals surface area (Å²) in [6.07, 6.45) is 2.98. The average Bonchev–Trinajstić information content (AvgIpc) is 2.80. The first-order valence-electron chi connectivity index (χ1n) is 11.6. The summed E-state index contributed by atoms with van der Waals surface area (Å²) in [5, 5.41) is 44.2. The molecule has 0 aromatic heterocycles. The fourth-order valence-electron chi connectivity index (χ4n) is 5.74. The van der Waals surface area contributed by atoms with E-state index < -0.39 is 58.0 Å². The van der Waals surface area contributed by atoms with E-state index in [1.165, 1.54) is 28.0 Å². The molecule has 196 valence electrons. The summed E-state index contributed by atoms with van der Waals surface area (Å²) in [4.78, 5) is 53.9. The highest BCUT2D eigenvalue weighted by atomic mass is 16.3. The summed E-state index contributed by atoms with van der Waals surface area (Å²) in [7, 11) is 6.31. The molecule has 37 heavy (non-hydrogen) atoms. The molecule has 0 unspecified atom stereocenters. The fourth-order valence-corrected chi connectivity index (χ4v) is 5.74. The number of aliphatic hydroxyl groups is 3. The van der Waals surface area contributed by atoms with E-state index >= 15 is 0 Å². The van der Waals surface area contributed by atoms with Crippen LogP contribution in [0.1, 0.15) is 27.9 Å². The number of phenols is 1. The van der Waals surface area contributed by atoms with Gasteiger partial charge in [-0.2, -0.15) is 0 Å². The monoisotopic (exact) mass is 511 g/mol. The predicted molar refractivity (Wildman–Crippen MR) is 131 cm³/mol. The number of phenolic OH excluding ortho intramolecular Hbond substituents is 1. The molecule has 1 aromatic rings. The molecular weight excluding hydrogens is 482 g/mol. The van der Waals surface area contributed by atoms with Gasteiger partial charge in [0.25, 0.3) is 5.91 Å². The second-order valence-electron chi connectivity index (χ2n) is 10.1. The number of hydrogen-bond donors (Lipinski definition) is 5. The Morgan fingerprint density at radius 1 is 1.11 bits per heavy atom. The van der Waals surface area contributed by atoms with Gasteiger partial charge in [0.05, 0.1) is 11.6 Å². The first kappa shape index (κ1) is 26.1. The first-order valence-corrected chi connectivity index (χ1v) is 11.6. The van der Waals surface area contributed by atoms with Gasteiger partial charge in [-0.15, -0.1) is 0 Å². The Labute approximate surface area is 212 Å². The third-order valence-electron chi connectivity index (χ3n) is 7.49. The predicted octanol–water partition coefficient (Wildman–Crippen LogP) is 0.222. The van der Waals surface area contributed by atoms with Crippen molar-refractivity contribution in [2.24, 2.45) is 17.6 Å². The van der Waals surface area contributed by atoms with Gasteiger partial charge in [0, 0.05) is 31.7 Å². The molecule has 0 saturated heterocycles. The van der Waals surface area contributed by atoms with E-state index in [9.17, 15) is 39.6 Å². The number of allylic oxidation sites excluding steroid dienone is 1. The van der Waals surface area contributed by atoms with Gasteiger partial charge < -0.3 is 31.1 Å². The highest BCUT2D eigenvalue weighted by Crippen LogP contribution is 2.52. The summed E-state index contributed by atoms with van der Waals surface area (Å²) in [5.41, 5.74) is 2.40. The minimum atomic E-state index is -2.68. The van der Waals surface area contributed by atoms with Crippen LogP contribution >= 0.6 is 0 Å². The lowest BCUT2D eigenvalue weighted by Gasteiger charge is -2.50. The Balaban J connectivity index is 1.91. The SMILES string of the molecule is CN(C)C(=O)/C=C/c1ccc(O)c2c1C[C@H]1C[C@H]3[C@H](N(C)C)C(O)=C(C(N)=O)C(=O)[C@@]3(O)C(O)=C1C2=O. The number of nitrogens with two attached hydrogens (primary N) is 1. The molecule has 3 aliphatic rings. The first-order chi connectivity index (χ1) is 17.2. The highest BCUT2D eigenvalue weighted by molar-refractivity contribution is 6.24. The standard InChI is InChI=1S/C26H29N3O8/c1-28(2)16(31)8-6-11-5-7-15(30)18-13(11)9-12-10-14-20(29(3)4)22(33)19(25(27)36)24(35)26(14,37)23(34)17(12)21(18)32/h5-8,12,14,20,30,33-34,37H,9-10H2,1-4H3,(H2,27,36)/b8-6+/t12-,14-,20-,26-/m0/s1. The molecule has 4 atom stereocenters. The molecule has 2 amide bonds. The molecule has 11 heteroatoms. The van der Waals surface area contributed by atoms with Crippen LogP contribution in [-0.2, 0) is 20.8 Å². The number of fused-ring (bicyclic) bond motifs is 3. The third kappa shape index (κ3) is 3.73. The van der Waals surface area contributed by atoms with Crippen molar-refractivity contribution in [3.63, 3.8) is 0 Å². The highest BCUT2D eigenvalue weighted by Gasteiger charge is 2.63. The van der Waals surface area contributed by atoms with Gasteiger partial charge in [-0.05, 0) is 56.1 Å². The number of Topliss-reactive ketones (excluding diaryl/α,β-unsaturated/α-hetero) is 2. The van der Waals surface area contributed by atoms with Crippen LogP contribution in [0.2, 0.25) is 0 Å². The fraction of sp³-hybridized carbons (Fsp3) is 0.385. The quantitative estimate of drug-likeness (QED) is 0.279. The van der Waals surface area contributed by atoms with E-state index in [-0.39, 0.29) is 35.6 Å². The van der Waals surface area contributed by atoms with E-state index in [4.69, 9.17) is 5.73 Å². The largest absolute Gasteiger partial charge is 0.510 e. The molecule has 0 spiro atoms. The number of aromatic hydroxyl groups is 1. The number of rotatable bonds is 4. The van der Waals surface area contributed by atoms with Gasteiger partial charge in [-0.3, -0.25) is 24.1 Å². The molecule has 0 heterocycles. The number of aliphatic hydroxyl groups excluding tert-OH is 2. The van der Waals surface area contributed by atoms with Gasteiger partial charge in [0.2, 0.25) is 11.7 Å². The third-order valence-corrected chi connectivity index (χ3v) is 7.49. The molecule has 0 aliphatic heterocycles. The van der Waals surface area contributed by atoms with Crippen molar-refractivity contribution in [3.05, 3.63) is 57.6 Å². The zero-order valence-electron chi connectivity index (χ0n) is 20.8. The van der Waals surface area contributed by atoms with E-state index in [1.807, 2.05) is 0 Å². The zero-order valence-corrected chi connectivity index (χ0v) is 20.8. The van der Waals surface area contributed by atoms with E-state index in [2.05, 4.69) is 0 Å². The van der Waals surface area contributed by atoms with Crippen molar-refractivity contribution < 1.29 is 39.6 Å². The number of benzene rings is 1. The Morgan fingerprint density at radius 3 is 2.32 bits per heavy atom. The van der Waals surface area contributed by atoms with Crippen molar-refractivity contribution in [1.82, 2.24) is 9.80 Å². The number of amides is 2. The number of ketones is 2. The maximum absolute atomic E-state index is 13.6. The Morgan fingerprint density at radius 2 is 1.76 bits per heavy atom. The maximum Gasteiger partial charge on any atom is 0.255 e. The molecule has 0 bridgehead atoms. The lowest BCUT2D eigenvalue weighted by atomic mass is 9.58. The molecule has 6 N–H and O–H groups in total. The van der Waals surface area contributed by atoms with E-state index in [1.54, 1.807) is 34.3 Å². The van der Waals surface area contributed by atoms with Crippen LogP contribution in [0, 0.1) is 11.8 Å². The van der Waals surface area contributed by atoms with Crippen molar-refractivity contribution in [2.75, 3.05) is 28.2 Å². The topological polar surface area (TPSA) is 182 Å². The molecule has 11 nitrogen and oxygen atoms in total.